The van der Waals surface area contributed by atoms with E-state index in [-0.39, 0.29) is 5.82 Å². The molecule has 1 aromatic heterocycles. The van der Waals surface area contributed by atoms with Crippen LogP contribution in [0, 0.1) is 5.82 Å². The Morgan fingerprint density at radius 1 is 1.33 bits per heavy atom. The van der Waals surface area contributed by atoms with Crippen molar-refractivity contribution in [2.24, 2.45) is 0 Å². The molecular weight excluding hydrogens is 249 g/mol. The summed E-state index contributed by atoms with van der Waals surface area (Å²) in [6.07, 6.45) is 1.88. The molecule has 0 spiro atoms. The molecule has 0 fully saturated rings. The summed E-state index contributed by atoms with van der Waals surface area (Å²) in [4.78, 5) is 7.68. The van der Waals surface area contributed by atoms with Crippen LogP contribution in [-0.4, -0.2) is 18.6 Å². The van der Waals surface area contributed by atoms with Crippen LogP contribution in [0.15, 0.2) is 30.5 Å². The Morgan fingerprint density at radius 2 is 2.06 bits per heavy atom. The lowest BCUT2D eigenvalue weighted by Gasteiger charge is -2.19. The molecule has 3 nitrogen and oxygen atoms in total. The van der Waals surface area contributed by atoms with Gasteiger partial charge < -0.3 is 10.2 Å². The van der Waals surface area contributed by atoms with E-state index in [1.807, 2.05) is 13.2 Å². The zero-order chi connectivity index (χ0) is 13.0. The van der Waals surface area contributed by atoms with E-state index in [0.717, 1.165) is 23.9 Å². The van der Waals surface area contributed by atoms with Gasteiger partial charge in [0.15, 0.2) is 5.13 Å². The SMILES string of the molecule is CCN(c1ccc(F)cc1)c1ncc(CNC)s1. The van der Waals surface area contributed by atoms with E-state index >= 15 is 0 Å². The Hall–Kier alpha value is -1.46. The summed E-state index contributed by atoms with van der Waals surface area (Å²) in [6, 6.07) is 6.50. The number of anilines is 2. The molecule has 18 heavy (non-hydrogen) atoms. The van der Waals surface area contributed by atoms with Gasteiger partial charge in [-0.15, -0.1) is 11.3 Å². The van der Waals surface area contributed by atoms with Gasteiger partial charge in [-0.1, -0.05) is 0 Å². The molecule has 1 N–H and O–H groups in total. The van der Waals surface area contributed by atoms with Crippen molar-refractivity contribution >= 4 is 22.2 Å². The standard InChI is InChI=1S/C13H16FN3S/c1-3-17(11-6-4-10(14)5-7-11)13-16-9-12(18-13)8-15-2/h4-7,9,15H,3,8H2,1-2H3. The zero-order valence-corrected chi connectivity index (χ0v) is 11.3. The Bertz CT molecular complexity index is 495. The van der Waals surface area contributed by atoms with Crippen LogP contribution in [0.1, 0.15) is 11.8 Å². The molecule has 0 bridgehead atoms. The van der Waals surface area contributed by atoms with E-state index in [2.05, 4.69) is 22.1 Å². The summed E-state index contributed by atoms with van der Waals surface area (Å²) >= 11 is 1.65. The van der Waals surface area contributed by atoms with E-state index in [0.29, 0.717) is 0 Å². The van der Waals surface area contributed by atoms with Crippen molar-refractivity contribution in [2.45, 2.75) is 13.5 Å². The van der Waals surface area contributed by atoms with Gasteiger partial charge in [-0.05, 0) is 38.2 Å². The Balaban J connectivity index is 2.24. The van der Waals surface area contributed by atoms with Crippen LogP contribution < -0.4 is 10.2 Å². The third-order valence-electron chi connectivity index (χ3n) is 2.58. The summed E-state index contributed by atoms with van der Waals surface area (Å²) in [5.41, 5.74) is 0.962. The summed E-state index contributed by atoms with van der Waals surface area (Å²) < 4.78 is 12.9. The zero-order valence-electron chi connectivity index (χ0n) is 10.5. The lowest BCUT2D eigenvalue weighted by molar-refractivity contribution is 0.628. The van der Waals surface area contributed by atoms with Crippen molar-refractivity contribution in [1.29, 1.82) is 0 Å². The number of aromatic nitrogens is 1. The highest BCUT2D eigenvalue weighted by molar-refractivity contribution is 7.15. The topological polar surface area (TPSA) is 28.2 Å². The molecule has 2 rings (SSSR count). The second kappa shape index (κ2) is 5.93. The minimum absolute atomic E-state index is 0.218. The van der Waals surface area contributed by atoms with Crippen molar-refractivity contribution < 1.29 is 4.39 Å². The molecule has 0 aliphatic rings. The van der Waals surface area contributed by atoms with Crippen LogP contribution in [0.25, 0.3) is 0 Å². The van der Waals surface area contributed by atoms with Crippen molar-refractivity contribution in [3.8, 4) is 0 Å². The van der Waals surface area contributed by atoms with Crippen molar-refractivity contribution in [2.75, 3.05) is 18.5 Å². The number of nitrogens with zero attached hydrogens (tertiary/aromatic N) is 2. The Labute approximate surface area is 110 Å². The number of hydrogen-bond donors (Lipinski definition) is 1. The van der Waals surface area contributed by atoms with Crippen LogP contribution in [-0.2, 0) is 6.54 Å². The summed E-state index contributed by atoms with van der Waals surface area (Å²) in [5, 5.41) is 4.04. The van der Waals surface area contributed by atoms with E-state index in [1.54, 1.807) is 23.5 Å². The fourth-order valence-electron chi connectivity index (χ4n) is 1.73. The molecular formula is C13H16FN3S. The first-order chi connectivity index (χ1) is 8.74. The number of nitrogens with one attached hydrogen (secondary N) is 1. The second-order valence-corrected chi connectivity index (χ2v) is 4.95. The minimum Gasteiger partial charge on any atom is -0.318 e. The number of rotatable bonds is 5. The van der Waals surface area contributed by atoms with E-state index in [4.69, 9.17) is 0 Å². The van der Waals surface area contributed by atoms with Gasteiger partial charge in [0.05, 0.1) is 0 Å². The first-order valence-electron chi connectivity index (χ1n) is 5.87. The second-order valence-electron chi connectivity index (χ2n) is 3.86. The number of benzene rings is 1. The van der Waals surface area contributed by atoms with Crippen LogP contribution in [0.5, 0.6) is 0 Å². The minimum atomic E-state index is -0.218. The predicted molar refractivity (Wildman–Crippen MR) is 74.0 cm³/mol. The highest BCUT2D eigenvalue weighted by Gasteiger charge is 2.11. The molecule has 0 aliphatic carbocycles. The van der Waals surface area contributed by atoms with Gasteiger partial charge in [-0.25, -0.2) is 9.37 Å². The first-order valence-corrected chi connectivity index (χ1v) is 6.68. The molecule has 1 aromatic carbocycles. The molecule has 0 saturated carbocycles. The maximum atomic E-state index is 12.9. The fourth-order valence-corrected chi connectivity index (χ4v) is 2.73. The lowest BCUT2D eigenvalue weighted by atomic mass is 10.3. The summed E-state index contributed by atoms with van der Waals surface area (Å²) in [6.45, 7) is 3.68. The molecule has 0 saturated heterocycles. The van der Waals surface area contributed by atoms with Gasteiger partial charge in [0, 0.05) is 29.9 Å². The predicted octanol–water partition coefficient (Wildman–Crippen LogP) is 3.16. The van der Waals surface area contributed by atoms with Gasteiger partial charge in [0.25, 0.3) is 0 Å². The maximum Gasteiger partial charge on any atom is 0.190 e. The third-order valence-corrected chi connectivity index (χ3v) is 3.60. The van der Waals surface area contributed by atoms with Crippen LogP contribution >= 0.6 is 11.3 Å². The van der Waals surface area contributed by atoms with E-state index < -0.39 is 0 Å². The Kier molecular flexibility index (Phi) is 4.28. The average molecular weight is 265 g/mol. The Morgan fingerprint density at radius 3 is 2.67 bits per heavy atom. The highest BCUT2D eigenvalue weighted by atomic mass is 32.1. The van der Waals surface area contributed by atoms with E-state index in [9.17, 15) is 4.39 Å². The lowest BCUT2D eigenvalue weighted by Crippen LogP contribution is -2.15. The molecule has 0 unspecified atom stereocenters. The first kappa shape index (κ1) is 13.0. The fraction of sp³-hybridized carbons (Fsp3) is 0.308. The molecule has 0 aliphatic heterocycles. The smallest absolute Gasteiger partial charge is 0.190 e. The molecule has 0 radical (unpaired) electrons. The van der Waals surface area contributed by atoms with Gasteiger partial charge in [0.2, 0.25) is 0 Å². The summed E-state index contributed by atoms with van der Waals surface area (Å²) in [5.74, 6) is -0.218. The van der Waals surface area contributed by atoms with Gasteiger partial charge in [-0.2, -0.15) is 0 Å². The van der Waals surface area contributed by atoms with Crippen molar-refractivity contribution in [1.82, 2.24) is 10.3 Å². The highest BCUT2D eigenvalue weighted by Crippen LogP contribution is 2.29. The molecule has 0 amide bonds. The van der Waals surface area contributed by atoms with E-state index in [1.165, 1.54) is 17.0 Å². The largest absolute Gasteiger partial charge is 0.318 e. The molecule has 2 aromatic rings. The monoisotopic (exact) mass is 265 g/mol. The normalized spacial score (nSPS) is 10.6. The number of hydrogen-bond acceptors (Lipinski definition) is 4. The van der Waals surface area contributed by atoms with Gasteiger partial charge in [0.1, 0.15) is 5.82 Å². The van der Waals surface area contributed by atoms with Gasteiger partial charge in [-0.3, -0.25) is 0 Å². The summed E-state index contributed by atoms with van der Waals surface area (Å²) in [7, 11) is 1.91. The number of thiazole rings is 1. The van der Waals surface area contributed by atoms with Crippen LogP contribution in [0.2, 0.25) is 0 Å². The van der Waals surface area contributed by atoms with Crippen LogP contribution in [0.4, 0.5) is 15.2 Å². The van der Waals surface area contributed by atoms with Crippen molar-refractivity contribution in [3.05, 3.63) is 41.2 Å². The van der Waals surface area contributed by atoms with Crippen LogP contribution in [0.3, 0.4) is 0 Å². The molecule has 5 heteroatoms. The molecule has 0 atom stereocenters. The van der Waals surface area contributed by atoms with Crippen molar-refractivity contribution in [3.63, 3.8) is 0 Å². The molecule has 1 heterocycles. The quantitative estimate of drug-likeness (QED) is 0.900. The third kappa shape index (κ3) is 2.86. The maximum absolute atomic E-state index is 12.9. The average Bonchev–Trinajstić information content (AvgIpc) is 2.82. The molecule has 96 valence electrons. The van der Waals surface area contributed by atoms with Gasteiger partial charge >= 0.3 is 0 Å². The number of halogens is 1.